The van der Waals surface area contributed by atoms with E-state index < -0.39 is 22.4 Å². The van der Waals surface area contributed by atoms with Crippen molar-refractivity contribution >= 4 is 17.5 Å². The molecule has 4 aliphatic rings. The highest BCUT2D eigenvalue weighted by Gasteiger charge is 2.66. The van der Waals surface area contributed by atoms with Gasteiger partial charge in [-0.2, -0.15) is 0 Å². The summed E-state index contributed by atoms with van der Waals surface area (Å²) in [6, 6.07) is 0. The maximum Gasteiger partial charge on any atom is 0.311 e. The molecule has 0 heterocycles. The molecular formula is C26H38O5. The number of fused-ring (bicyclic) bond motifs is 5. The van der Waals surface area contributed by atoms with Crippen LogP contribution in [-0.4, -0.2) is 34.9 Å². The second-order valence-corrected chi connectivity index (χ2v) is 12.1. The lowest BCUT2D eigenvalue weighted by atomic mass is 9.46. The zero-order chi connectivity index (χ0) is 22.8. The van der Waals surface area contributed by atoms with Crippen LogP contribution in [0.15, 0.2) is 11.6 Å². The van der Waals surface area contributed by atoms with Crippen molar-refractivity contribution in [1.82, 2.24) is 0 Å². The lowest BCUT2D eigenvalue weighted by molar-refractivity contribution is -0.172. The Labute approximate surface area is 186 Å². The maximum absolute atomic E-state index is 13.2. The van der Waals surface area contributed by atoms with E-state index in [0.717, 1.165) is 38.5 Å². The van der Waals surface area contributed by atoms with Gasteiger partial charge in [0.2, 0.25) is 5.78 Å². The highest BCUT2D eigenvalue weighted by molar-refractivity contribution is 5.92. The minimum absolute atomic E-state index is 0.0745. The van der Waals surface area contributed by atoms with E-state index in [4.69, 9.17) is 4.74 Å². The van der Waals surface area contributed by atoms with Gasteiger partial charge in [-0.3, -0.25) is 14.4 Å². The van der Waals surface area contributed by atoms with Crippen molar-refractivity contribution in [3.8, 4) is 0 Å². The van der Waals surface area contributed by atoms with Crippen LogP contribution in [0.3, 0.4) is 0 Å². The molecule has 1 N–H and O–H groups in total. The zero-order valence-corrected chi connectivity index (χ0v) is 19.8. The summed E-state index contributed by atoms with van der Waals surface area (Å²) in [5, 5.41) is 11.7. The minimum Gasteiger partial charge on any atom is -0.457 e. The summed E-state index contributed by atoms with van der Waals surface area (Å²) in [4.78, 5) is 37.3. The van der Waals surface area contributed by atoms with E-state index >= 15 is 0 Å². The number of carbonyl (C=O) groups excluding carboxylic acids is 3. The molecule has 31 heavy (non-hydrogen) atoms. The lowest BCUT2D eigenvalue weighted by Gasteiger charge is -2.58. The van der Waals surface area contributed by atoms with E-state index in [0.29, 0.717) is 24.7 Å². The SMILES string of the molecule is CC(C)(C)C(=O)OCC(=O)[C@@]1(O)CC[C@@H]2[C@@H]3CCC4=CC(=O)CC[C@]4(C)[C@@H]3CC[C@@]21C. The number of allylic oxidation sites excluding steroid dienone is 1. The van der Waals surface area contributed by atoms with Crippen molar-refractivity contribution in [3.63, 3.8) is 0 Å². The van der Waals surface area contributed by atoms with E-state index in [-0.39, 0.29) is 29.5 Å². The summed E-state index contributed by atoms with van der Waals surface area (Å²) < 4.78 is 5.29. The molecule has 0 bridgehead atoms. The number of aliphatic hydroxyl groups is 1. The maximum atomic E-state index is 13.2. The van der Waals surface area contributed by atoms with Crippen molar-refractivity contribution in [3.05, 3.63) is 11.6 Å². The first-order chi connectivity index (χ1) is 14.3. The molecule has 0 aromatic carbocycles. The summed E-state index contributed by atoms with van der Waals surface area (Å²) >= 11 is 0. The van der Waals surface area contributed by atoms with Gasteiger partial charge >= 0.3 is 5.97 Å². The van der Waals surface area contributed by atoms with E-state index in [1.54, 1.807) is 20.8 Å². The van der Waals surface area contributed by atoms with Crippen molar-refractivity contribution < 1.29 is 24.2 Å². The van der Waals surface area contributed by atoms with Crippen LogP contribution in [-0.2, 0) is 19.1 Å². The van der Waals surface area contributed by atoms with Crippen LogP contribution in [0, 0.1) is 34.0 Å². The molecule has 0 amide bonds. The van der Waals surface area contributed by atoms with Crippen molar-refractivity contribution in [2.45, 2.75) is 91.6 Å². The molecule has 0 aliphatic heterocycles. The highest BCUT2D eigenvalue weighted by atomic mass is 16.5. The van der Waals surface area contributed by atoms with Gasteiger partial charge in [0, 0.05) is 11.8 Å². The van der Waals surface area contributed by atoms with Crippen LogP contribution in [0.5, 0.6) is 0 Å². The largest absolute Gasteiger partial charge is 0.457 e. The fourth-order valence-electron chi connectivity index (χ4n) is 7.50. The van der Waals surface area contributed by atoms with Crippen LogP contribution in [0.25, 0.3) is 0 Å². The van der Waals surface area contributed by atoms with Crippen LogP contribution in [0.2, 0.25) is 0 Å². The zero-order valence-electron chi connectivity index (χ0n) is 19.8. The number of Topliss-reactive ketones (excluding diaryl/α,β-unsaturated/α-hetero) is 1. The summed E-state index contributed by atoms with van der Waals surface area (Å²) in [5.41, 5.74) is -1.19. The van der Waals surface area contributed by atoms with Crippen LogP contribution >= 0.6 is 0 Å². The first-order valence-corrected chi connectivity index (χ1v) is 12.0. The number of esters is 1. The monoisotopic (exact) mass is 430 g/mol. The van der Waals surface area contributed by atoms with Crippen LogP contribution < -0.4 is 0 Å². The number of rotatable bonds is 3. The predicted octanol–water partition coefficient (Wildman–Crippen LogP) is 4.41. The Kier molecular flexibility index (Phi) is 5.32. The first kappa shape index (κ1) is 22.7. The summed E-state index contributed by atoms with van der Waals surface area (Å²) in [6.07, 6.45) is 8.49. The van der Waals surface area contributed by atoms with Gasteiger partial charge < -0.3 is 9.84 Å². The number of hydrogen-bond acceptors (Lipinski definition) is 5. The van der Waals surface area contributed by atoms with Gasteiger partial charge in [-0.05, 0) is 95.0 Å². The highest BCUT2D eigenvalue weighted by Crippen LogP contribution is 2.67. The van der Waals surface area contributed by atoms with E-state index in [1.807, 2.05) is 6.08 Å². The number of ketones is 2. The molecular weight excluding hydrogens is 392 g/mol. The summed E-state index contributed by atoms with van der Waals surface area (Å²) in [6.45, 7) is 9.34. The fourth-order valence-corrected chi connectivity index (χ4v) is 7.50. The molecule has 172 valence electrons. The molecule has 0 unspecified atom stereocenters. The van der Waals surface area contributed by atoms with Gasteiger partial charge in [0.05, 0.1) is 5.41 Å². The van der Waals surface area contributed by atoms with Crippen molar-refractivity contribution in [1.29, 1.82) is 0 Å². The second kappa shape index (κ2) is 7.26. The number of carbonyl (C=O) groups is 3. The average Bonchev–Trinajstić information content (AvgIpc) is 2.98. The van der Waals surface area contributed by atoms with Crippen LogP contribution in [0.4, 0.5) is 0 Å². The third kappa shape index (κ3) is 3.34. The second-order valence-electron chi connectivity index (χ2n) is 12.1. The molecule has 5 heteroatoms. The quantitative estimate of drug-likeness (QED) is 0.671. The van der Waals surface area contributed by atoms with E-state index in [2.05, 4.69) is 13.8 Å². The standard InChI is InChI=1S/C26H38O5/c1-23(2,3)22(29)31-15-21(28)26(30)13-10-20-18-7-6-16-14-17(27)8-11-24(16,4)19(18)9-12-25(20,26)5/h14,18-20,30H,6-13,15H2,1-5H3/t18-,19-,20-,24+,25+,26+/m1/s1. The Bertz CT molecular complexity index is 835. The van der Waals surface area contributed by atoms with E-state index in [1.165, 1.54) is 5.57 Å². The Hall–Kier alpha value is -1.49. The van der Waals surface area contributed by atoms with Crippen LogP contribution in [0.1, 0.15) is 86.0 Å². The summed E-state index contributed by atoms with van der Waals surface area (Å²) in [7, 11) is 0. The van der Waals surface area contributed by atoms with Crippen molar-refractivity contribution in [2.75, 3.05) is 6.61 Å². The average molecular weight is 431 g/mol. The normalized spacial score (nSPS) is 42.2. The molecule has 0 spiro atoms. The molecule has 0 radical (unpaired) electrons. The molecule has 6 atom stereocenters. The molecule has 3 fully saturated rings. The Balaban J connectivity index is 1.54. The Morgan fingerprint density at radius 3 is 2.42 bits per heavy atom. The molecule has 0 saturated heterocycles. The molecule has 0 aromatic rings. The first-order valence-electron chi connectivity index (χ1n) is 12.0. The smallest absolute Gasteiger partial charge is 0.311 e. The van der Waals surface area contributed by atoms with Gasteiger partial charge in [-0.1, -0.05) is 19.4 Å². The minimum atomic E-state index is -1.43. The molecule has 0 aromatic heterocycles. The summed E-state index contributed by atoms with van der Waals surface area (Å²) in [5.74, 6) is 0.758. The molecule has 4 rings (SSSR count). The van der Waals surface area contributed by atoms with Gasteiger partial charge in [0.15, 0.2) is 12.4 Å². The third-order valence-corrected chi connectivity index (χ3v) is 9.52. The lowest BCUT2D eigenvalue weighted by Crippen LogP contribution is -2.58. The number of hydrogen-bond donors (Lipinski definition) is 1. The van der Waals surface area contributed by atoms with Gasteiger partial charge in [-0.25, -0.2) is 0 Å². The van der Waals surface area contributed by atoms with Gasteiger partial charge in [0.1, 0.15) is 5.60 Å². The molecule has 3 saturated carbocycles. The van der Waals surface area contributed by atoms with Crippen molar-refractivity contribution in [2.24, 2.45) is 34.0 Å². The van der Waals surface area contributed by atoms with Gasteiger partial charge in [0.25, 0.3) is 0 Å². The molecule has 4 aliphatic carbocycles. The third-order valence-electron chi connectivity index (χ3n) is 9.52. The number of ether oxygens (including phenoxy) is 1. The Morgan fingerprint density at radius 2 is 1.74 bits per heavy atom. The van der Waals surface area contributed by atoms with E-state index in [9.17, 15) is 19.5 Å². The molecule has 5 nitrogen and oxygen atoms in total. The fraction of sp³-hybridized carbons (Fsp3) is 0.808. The Morgan fingerprint density at radius 1 is 1.06 bits per heavy atom. The predicted molar refractivity (Wildman–Crippen MR) is 117 cm³/mol. The topological polar surface area (TPSA) is 80.7 Å². The van der Waals surface area contributed by atoms with Gasteiger partial charge in [-0.15, -0.1) is 0 Å².